The number of benzene rings is 2. The van der Waals surface area contributed by atoms with Gasteiger partial charge in [0, 0.05) is 32.2 Å². The normalized spacial score (nSPS) is 14.1. The first kappa shape index (κ1) is 24.6. The largest absolute Gasteiger partial charge is 0.379 e. The monoisotopic (exact) mass is 476 g/mol. The molecule has 0 saturated carbocycles. The number of morpholine rings is 1. The Morgan fingerprint density at radius 2 is 1.66 bits per heavy atom. The number of aryl methyl sites for hydroxylation is 1. The first-order valence-electron chi connectivity index (χ1n) is 12.0. The van der Waals surface area contributed by atoms with E-state index in [0.717, 1.165) is 50.4 Å². The maximum Gasteiger partial charge on any atom is 0.245 e. The first-order valence-corrected chi connectivity index (χ1v) is 12.0. The van der Waals surface area contributed by atoms with Crippen LogP contribution in [0.5, 0.6) is 0 Å². The van der Waals surface area contributed by atoms with Crippen molar-refractivity contribution < 1.29 is 18.8 Å². The summed E-state index contributed by atoms with van der Waals surface area (Å²) < 4.78 is 10.5. The number of aromatic nitrogens is 1. The lowest BCUT2D eigenvalue weighted by Gasteiger charge is -2.30. The van der Waals surface area contributed by atoms with Crippen molar-refractivity contribution in [1.29, 1.82) is 0 Å². The van der Waals surface area contributed by atoms with Crippen LogP contribution in [-0.2, 0) is 14.3 Å². The van der Waals surface area contributed by atoms with E-state index in [1.807, 2.05) is 60.7 Å². The van der Waals surface area contributed by atoms with Crippen LogP contribution in [0.2, 0.25) is 0 Å². The number of nitrogens with zero attached hydrogens (tertiary/aromatic N) is 3. The van der Waals surface area contributed by atoms with Gasteiger partial charge in [0.15, 0.2) is 5.82 Å². The summed E-state index contributed by atoms with van der Waals surface area (Å²) in [6.45, 7) is 6.24. The number of hydrogen-bond donors (Lipinski definition) is 1. The molecule has 184 valence electrons. The zero-order valence-electron chi connectivity index (χ0n) is 20.1. The lowest BCUT2D eigenvalue weighted by molar-refractivity contribution is -0.135. The second-order valence-electron chi connectivity index (χ2n) is 8.69. The van der Waals surface area contributed by atoms with Gasteiger partial charge in [0.1, 0.15) is 5.76 Å². The highest BCUT2D eigenvalue weighted by atomic mass is 16.5. The average Bonchev–Trinajstić information content (AvgIpc) is 3.29. The molecule has 35 heavy (non-hydrogen) atoms. The van der Waals surface area contributed by atoms with Crippen LogP contribution in [0.15, 0.2) is 71.3 Å². The highest BCUT2D eigenvalue weighted by Gasteiger charge is 2.29. The summed E-state index contributed by atoms with van der Waals surface area (Å²) in [6.07, 6.45) is 0.762. The summed E-state index contributed by atoms with van der Waals surface area (Å²) in [6, 6.07) is 21.1. The Kier molecular flexibility index (Phi) is 8.64. The van der Waals surface area contributed by atoms with Crippen LogP contribution in [0.25, 0.3) is 0 Å². The Morgan fingerprint density at radius 1 is 1.03 bits per heavy atom. The van der Waals surface area contributed by atoms with E-state index in [4.69, 9.17) is 9.26 Å². The molecule has 8 heteroatoms. The van der Waals surface area contributed by atoms with Gasteiger partial charge in [-0.2, -0.15) is 0 Å². The van der Waals surface area contributed by atoms with Crippen molar-refractivity contribution in [1.82, 2.24) is 15.0 Å². The molecule has 1 aliphatic rings. The summed E-state index contributed by atoms with van der Waals surface area (Å²) >= 11 is 0. The predicted molar refractivity (Wildman–Crippen MR) is 133 cm³/mol. The van der Waals surface area contributed by atoms with Crippen molar-refractivity contribution in [2.75, 3.05) is 51.3 Å². The summed E-state index contributed by atoms with van der Waals surface area (Å²) in [4.78, 5) is 30.9. The minimum Gasteiger partial charge on any atom is -0.379 e. The van der Waals surface area contributed by atoms with Crippen LogP contribution in [0.4, 0.5) is 5.82 Å². The van der Waals surface area contributed by atoms with Gasteiger partial charge in [-0.05, 0) is 24.5 Å². The number of nitrogens with one attached hydrogen (secondary N) is 1. The molecular formula is C27H32N4O4. The molecule has 1 aromatic heterocycles. The Hall–Kier alpha value is -3.49. The van der Waals surface area contributed by atoms with Gasteiger partial charge in [-0.1, -0.05) is 65.8 Å². The molecule has 0 unspecified atom stereocenters. The van der Waals surface area contributed by atoms with E-state index in [9.17, 15) is 9.59 Å². The quantitative estimate of drug-likeness (QED) is 0.483. The minimum atomic E-state index is -0.497. The second-order valence-corrected chi connectivity index (χ2v) is 8.69. The van der Waals surface area contributed by atoms with Crippen LogP contribution in [-0.4, -0.2) is 72.7 Å². The lowest BCUT2D eigenvalue weighted by atomic mass is 9.90. The summed E-state index contributed by atoms with van der Waals surface area (Å²) in [5.74, 6) is 0.0412. The third-order valence-electron chi connectivity index (χ3n) is 6.06. The number of carbonyl (C=O) groups is 2. The molecule has 1 N–H and O–H groups in total. The van der Waals surface area contributed by atoms with Crippen molar-refractivity contribution in [3.63, 3.8) is 0 Å². The fourth-order valence-corrected chi connectivity index (χ4v) is 4.31. The molecule has 1 aliphatic heterocycles. The van der Waals surface area contributed by atoms with Gasteiger partial charge < -0.3 is 19.5 Å². The number of rotatable bonds is 10. The van der Waals surface area contributed by atoms with Gasteiger partial charge >= 0.3 is 0 Å². The zero-order valence-corrected chi connectivity index (χ0v) is 20.1. The fraction of sp³-hybridized carbons (Fsp3) is 0.370. The fourth-order valence-electron chi connectivity index (χ4n) is 4.31. The Bertz CT molecular complexity index is 1040. The molecule has 0 spiro atoms. The maximum absolute atomic E-state index is 14.0. The molecule has 2 aromatic carbocycles. The number of ether oxygens (including phenoxy) is 1. The van der Waals surface area contributed by atoms with Gasteiger partial charge in [-0.25, -0.2) is 0 Å². The van der Waals surface area contributed by atoms with Crippen LogP contribution in [0, 0.1) is 6.92 Å². The highest BCUT2D eigenvalue weighted by Crippen LogP contribution is 2.27. The predicted octanol–water partition coefficient (Wildman–Crippen LogP) is 3.30. The summed E-state index contributed by atoms with van der Waals surface area (Å²) in [7, 11) is 0. The van der Waals surface area contributed by atoms with E-state index in [1.54, 1.807) is 17.9 Å². The third-order valence-corrected chi connectivity index (χ3v) is 6.06. The number of amides is 2. The van der Waals surface area contributed by atoms with Crippen molar-refractivity contribution in [2.24, 2.45) is 0 Å². The third kappa shape index (κ3) is 7.00. The van der Waals surface area contributed by atoms with Crippen molar-refractivity contribution in [2.45, 2.75) is 19.3 Å². The second kappa shape index (κ2) is 12.3. The zero-order chi connectivity index (χ0) is 24.5. The van der Waals surface area contributed by atoms with Crippen molar-refractivity contribution in [3.8, 4) is 0 Å². The molecule has 2 heterocycles. The van der Waals surface area contributed by atoms with Gasteiger partial charge in [-0.15, -0.1) is 0 Å². The number of carbonyl (C=O) groups excluding carboxylic acids is 2. The maximum atomic E-state index is 14.0. The minimum absolute atomic E-state index is 0.0655. The van der Waals surface area contributed by atoms with E-state index in [1.165, 1.54) is 0 Å². The topological polar surface area (TPSA) is 87.9 Å². The van der Waals surface area contributed by atoms with Gasteiger partial charge in [0.2, 0.25) is 11.8 Å². The van der Waals surface area contributed by atoms with E-state index < -0.39 is 5.92 Å². The van der Waals surface area contributed by atoms with Crippen molar-refractivity contribution in [3.05, 3.63) is 83.6 Å². The molecule has 8 nitrogen and oxygen atoms in total. The number of anilines is 1. The Morgan fingerprint density at radius 3 is 2.23 bits per heavy atom. The molecule has 3 aromatic rings. The van der Waals surface area contributed by atoms with E-state index in [0.29, 0.717) is 18.1 Å². The van der Waals surface area contributed by atoms with Crippen molar-refractivity contribution >= 4 is 17.6 Å². The molecule has 4 rings (SSSR count). The molecule has 0 radical (unpaired) electrons. The van der Waals surface area contributed by atoms with E-state index in [2.05, 4.69) is 15.4 Å². The summed E-state index contributed by atoms with van der Waals surface area (Å²) in [5.41, 5.74) is 1.80. The van der Waals surface area contributed by atoms with Crippen LogP contribution in [0.1, 0.15) is 29.2 Å². The highest BCUT2D eigenvalue weighted by molar-refractivity contribution is 5.95. The Labute approximate surface area is 205 Å². The average molecular weight is 477 g/mol. The molecule has 2 amide bonds. The molecule has 0 bridgehead atoms. The van der Waals surface area contributed by atoms with Crippen LogP contribution in [0.3, 0.4) is 0 Å². The van der Waals surface area contributed by atoms with Gasteiger partial charge in [0.25, 0.3) is 0 Å². The van der Waals surface area contributed by atoms with Gasteiger partial charge in [-0.3, -0.25) is 14.5 Å². The van der Waals surface area contributed by atoms with Gasteiger partial charge in [0.05, 0.1) is 25.7 Å². The molecule has 0 atom stereocenters. The van der Waals surface area contributed by atoms with E-state index >= 15 is 0 Å². The lowest BCUT2D eigenvalue weighted by Crippen LogP contribution is -2.43. The van der Waals surface area contributed by atoms with Crippen LogP contribution < -0.4 is 5.32 Å². The summed E-state index contributed by atoms with van der Waals surface area (Å²) in [5, 5.41) is 6.57. The molecule has 1 fully saturated rings. The SMILES string of the molecule is Cc1cc(NC(=O)CN(CCCN2CCOCC2)C(=O)C(c2ccccc2)c2ccccc2)no1. The molecule has 0 aliphatic carbocycles. The Balaban J connectivity index is 1.53. The standard InChI is InChI=1S/C27H32N4O4/c1-21-19-24(29-35-21)28-25(32)20-31(14-8-13-30-15-17-34-18-16-30)27(33)26(22-9-4-2-5-10-22)23-11-6-3-7-12-23/h2-7,9-12,19,26H,8,13-18,20H2,1H3,(H,28,29,32). The molecule has 1 saturated heterocycles. The van der Waals surface area contributed by atoms with E-state index in [-0.39, 0.29) is 18.4 Å². The smallest absolute Gasteiger partial charge is 0.245 e. The molecular weight excluding hydrogens is 444 g/mol. The first-order chi connectivity index (χ1) is 17.1. The number of hydrogen-bond acceptors (Lipinski definition) is 6. The van der Waals surface area contributed by atoms with Crippen LogP contribution >= 0.6 is 0 Å².